The van der Waals surface area contributed by atoms with Gasteiger partial charge in [-0.3, -0.25) is 0 Å². The molecule has 0 aliphatic heterocycles. The fraction of sp³-hybridized carbons (Fsp3) is 0. The number of hydrogen-bond acceptors (Lipinski definition) is 4. The van der Waals surface area contributed by atoms with Crippen molar-refractivity contribution in [1.82, 2.24) is 15.0 Å². The van der Waals surface area contributed by atoms with Crippen molar-refractivity contribution >= 4 is 21.9 Å². The van der Waals surface area contributed by atoms with Crippen molar-refractivity contribution in [3.63, 3.8) is 0 Å². The molecule has 0 spiro atoms. The lowest BCUT2D eigenvalue weighted by Gasteiger charge is -2.13. The van der Waals surface area contributed by atoms with Gasteiger partial charge in [-0.1, -0.05) is 152 Å². The van der Waals surface area contributed by atoms with Crippen LogP contribution in [0.15, 0.2) is 180 Å². The minimum Gasteiger partial charge on any atom is -0.456 e. The monoisotopic (exact) mass is 627 g/mol. The first kappa shape index (κ1) is 28.6. The number of hydrogen-bond donors (Lipinski definition) is 0. The molecule has 0 amide bonds. The van der Waals surface area contributed by atoms with Gasteiger partial charge in [0.25, 0.3) is 0 Å². The average Bonchev–Trinajstić information content (AvgIpc) is 3.56. The summed E-state index contributed by atoms with van der Waals surface area (Å²) >= 11 is 0. The normalized spacial score (nSPS) is 11.3. The summed E-state index contributed by atoms with van der Waals surface area (Å²) in [6.45, 7) is 0. The summed E-state index contributed by atoms with van der Waals surface area (Å²) in [4.78, 5) is 15.3. The Morgan fingerprint density at radius 3 is 1.59 bits per heavy atom. The lowest BCUT2D eigenvalue weighted by molar-refractivity contribution is 0.669. The van der Waals surface area contributed by atoms with Gasteiger partial charge in [0.15, 0.2) is 17.5 Å². The van der Waals surface area contributed by atoms with Crippen LogP contribution < -0.4 is 0 Å². The van der Waals surface area contributed by atoms with Gasteiger partial charge in [-0.15, -0.1) is 0 Å². The molecule has 0 aliphatic carbocycles. The van der Waals surface area contributed by atoms with Crippen LogP contribution in [-0.4, -0.2) is 15.0 Å². The summed E-state index contributed by atoms with van der Waals surface area (Å²) in [5.74, 6) is 1.86. The predicted octanol–water partition coefficient (Wildman–Crippen LogP) is 11.8. The zero-order chi connectivity index (χ0) is 32.6. The molecule has 4 nitrogen and oxygen atoms in total. The van der Waals surface area contributed by atoms with Crippen LogP contribution in [0.25, 0.3) is 89.5 Å². The van der Waals surface area contributed by atoms with Gasteiger partial charge >= 0.3 is 0 Å². The van der Waals surface area contributed by atoms with E-state index >= 15 is 0 Å². The molecule has 49 heavy (non-hydrogen) atoms. The lowest BCUT2D eigenvalue weighted by Crippen LogP contribution is -2.01. The first-order chi connectivity index (χ1) is 24.3. The Hall–Kier alpha value is -6.65. The molecule has 2 aromatic heterocycles. The minimum atomic E-state index is 0.613. The van der Waals surface area contributed by atoms with E-state index in [-0.39, 0.29) is 0 Å². The maximum atomic E-state index is 6.21. The smallest absolute Gasteiger partial charge is 0.164 e. The zero-order valence-electron chi connectivity index (χ0n) is 26.5. The van der Waals surface area contributed by atoms with E-state index < -0.39 is 0 Å². The third-order valence-electron chi connectivity index (χ3n) is 8.97. The van der Waals surface area contributed by atoms with Gasteiger partial charge in [0, 0.05) is 27.5 Å². The first-order valence-electron chi connectivity index (χ1n) is 16.4. The average molecular weight is 628 g/mol. The van der Waals surface area contributed by atoms with Gasteiger partial charge in [-0.05, 0) is 57.6 Å². The molecule has 0 radical (unpaired) electrons. The van der Waals surface area contributed by atoms with E-state index in [4.69, 9.17) is 19.4 Å². The molecule has 0 atom stereocenters. The number of furan rings is 1. The molecule has 4 heteroatoms. The van der Waals surface area contributed by atoms with Gasteiger partial charge in [-0.2, -0.15) is 0 Å². The van der Waals surface area contributed by atoms with E-state index in [9.17, 15) is 0 Å². The second-order valence-electron chi connectivity index (χ2n) is 12.1. The van der Waals surface area contributed by atoms with Crippen molar-refractivity contribution in [2.75, 3.05) is 0 Å². The van der Waals surface area contributed by atoms with E-state index in [0.29, 0.717) is 17.5 Å². The van der Waals surface area contributed by atoms with Crippen molar-refractivity contribution in [1.29, 1.82) is 0 Å². The van der Waals surface area contributed by atoms with Gasteiger partial charge in [-0.25, -0.2) is 15.0 Å². The fourth-order valence-corrected chi connectivity index (χ4v) is 6.49. The number of nitrogens with zero attached hydrogens (tertiary/aromatic N) is 3. The highest BCUT2D eigenvalue weighted by molar-refractivity contribution is 6.05. The third-order valence-corrected chi connectivity index (χ3v) is 8.97. The number of rotatable bonds is 6. The number of aromatic nitrogens is 3. The molecule has 9 aromatic rings. The van der Waals surface area contributed by atoms with E-state index in [1.54, 1.807) is 0 Å². The van der Waals surface area contributed by atoms with Crippen molar-refractivity contribution in [3.05, 3.63) is 176 Å². The molecule has 230 valence electrons. The zero-order valence-corrected chi connectivity index (χ0v) is 26.5. The summed E-state index contributed by atoms with van der Waals surface area (Å²) in [6.07, 6.45) is 0. The Balaban J connectivity index is 1.18. The maximum Gasteiger partial charge on any atom is 0.164 e. The number of benzene rings is 7. The summed E-state index contributed by atoms with van der Waals surface area (Å²) in [5, 5.41) is 2.23. The Kier molecular flexibility index (Phi) is 7.10. The number of fused-ring (bicyclic) bond motifs is 3. The van der Waals surface area contributed by atoms with Crippen LogP contribution in [0.5, 0.6) is 0 Å². The van der Waals surface area contributed by atoms with Crippen LogP contribution in [0, 0.1) is 0 Å². The van der Waals surface area contributed by atoms with Crippen molar-refractivity contribution in [2.45, 2.75) is 0 Å². The molecule has 7 aromatic carbocycles. The Labute approximate surface area is 284 Å². The predicted molar refractivity (Wildman–Crippen MR) is 200 cm³/mol. The SMILES string of the molecule is c1ccc(-c2ccc(-c3nc(-c4cccc(-c5ccc6c(c5)oc5ccccc56)c4)nc(-c4ccccc4-c4ccccc4)n3)cc2)cc1. The highest BCUT2D eigenvalue weighted by Crippen LogP contribution is 2.35. The molecule has 0 aliphatic rings. The molecule has 9 rings (SSSR count). The summed E-state index contributed by atoms with van der Waals surface area (Å²) in [5.41, 5.74) is 11.1. The minimum absolute atomic E-state index is 0.613. The summed E-state index contributed by atoms with van der Waals surface area (Å²) in [7, 11) is 0. The summed E-state index contributed by atoms with van der Waals surface area (Å²) < 4.78 is 6.21. The van der Waals surface area contributed by atoms with Gasteiger partial charge in [0.2, 0.25) is 0 Å². The molecule has 0 saturated carbocycles. The summed E-state index contributed by atoms with van der Waals surface area (Å²) in [6, 6.07) is 60.4. The Morgan fingerprint density at radius 1 is 0.286 bits per heavy atom. The van der Waals surface area contributed by atoms with Crippen LogP contribution in [0.2, 0.25) is 0 Å². The molecule has 2 heterocycles. The van der Waals surface area contributed by atoms with Crippen molar-refractivity contribution < 1.29 is 4.42 Å². The van der Waals surface area contributed by atoms with Gasteiger partial charge < -0.3 is 4.42 Å². The van der Waals surface area contributed by atoms with Gasteiger partial charge in [0.05, 0.1) is 0 Å². The maximum absolute atomic E-state index is 6.21. The first-order valence-corrected chi connectivity index (χ1v) is 16.4. The van der Waals surface area contributed by atoms with E-state index in [2.05, 4.69) is 140 Å². The molecular weight excluding hydrogens is 599 g/mol. The standard InChI is InChI=1S/C45H29N3O/c1-3-12-30(13-4-1)31-22-24-33(25-23-31)43-46-44(48-45(47-43)40-20-8-7-18-37(40)32-14-5-2-6-15-32)36-17-11-16-34(28-36)35-26-27-39-38-19-9-10-21-41(38)49-42(39)29-35/h1-29H. The van der Waals surface area contributed by atoms with Crippen LogP contribution >= 0.6 is 0 Å². The topological polar surface area (TPSA) is 51.8 Å². The van der Waals surface area contributed by atoms with E-state index in [0.717, 1.165) is 66.4 Å². The molecule has 0 saturated heterocycles. The van der Waals surface area contributed by atoms with Crippen LogP contribution in [0.1, 0.15) is 0 Å². The number of para-hydroxylation sites is 1. The molecular formula is C45H29N3O. The highest BCUT2D eigenvalue weighted by atomic mass is 16.3. The molecule has 0 fully saturated rings. The van der Waals surface area contributed by atoms with Crippen LogP contribution in [0.3, 0.4) is 0 Å². The highest BCUT2D eigenvalue weighted by Gasteiger charge is 2.16. The molecule has 0 bridgehead atoms. The molecule has 0 N–H and O–H groups in total. The third kappa shape index (κ3) is 5.45. The quantitative estimate of drug-likeness (QED) is 0.184. The van der Waals surface area contributed by atoms with Crippen molar-refractivity contribution in [2.24, 2.45) is 0 Å². The lowest BCUT2D eigenvalue weighted by atomic mass is 9.99. The fourth-order valence-electron chi connectivity index (χ4n) is 6.49. The van der Waals surface area contributed by atoms with E-state index in [1.165, 1.54) is 5.56 Å². The second kappa shape index (κ2) is 12.2. The van der Waals surface area contributed by atoms with Crippen LogP contribution in [-0.2, 0) is 0 Å². The van der Waals surface area contributed by atoms with Crippen molar-refractivity contribution in [3.8, 4) is 67.5 Å². The Morgan fingerprint density at radius 2 is 0.796 bits per heavy atom. The van der Waals surface area contributed by atoms with Crippen LogP contribution in [0.4, 0.5) is 0 Å². The largest absolute Gasteiger partial charge is 0.456 e. The van der Waals surface area contributed by atoms with E-state index in [1.807, 2.05) is 36.4 Å². The second-order valence-corrected chi connectivity index (χ2v) is 12.1. The molecule has 0 unspecified atom stereocenters. The Bertz CT molecular complexity index is 2590. The van der Waals surface area contributed by atoms with Gasteiger partial charge in [0.1, 0.15) is 11.2 Å².